The van der Waals surface area contributed by atoms with Crippen molar-refractivity contribution in [3.8, 4) is 5.75 Å². The first-order valence-electron chi connectivity index (χ1n) is 9.09. The van der Waals surface area contributed by atoms with E-state index >= 15 is 0 Å². The van der Waals surface area contributed by atoms with Gasteiger partial charge in [0.05, 0.1) is 5.75 Å². The molecule has 1 unspecified atom stereocenters. The van der Waals surface area contributed by atoms with E-state index in [4.69, 9.17) is 4.74 Å². The number of nitrogens with zero attached hydrogens (tertiary/aromatic N) is 1. The van der Waals surface area contributed by atoms with Crippen molar-refractivity contribution in [3.63, 3.8) is 0 Å². The Bertz CT molecular complexity index is 819. The van der Waals surface area contributed by atoms with E-state index in [1.54, 1.807) is 0 Å². The van der Waals surface area contributed by atoms with E-state index in [0.29, 0.717) is 19.6 Å². The molecule has 26 heavy (non-hydrogen) atoms. The molecule has 6 heteroatoms. The van der Waals surface area contributed by atoms with Crippen LogP contribution in [0.25, 0.3) is 10.8 Å². The lowest BCUT2D eigenvalue weighted by Crippen LogP contribution is -2.29. The van der Waals surface area contributed by atoms with Gasteiger partial charge in [0, 0.05) is 13.1 Å². The Morgan fingerprint density at radius 3 is 2.50 bits per heavy atom. The lowest BCUT2D eigenvalue weighted by molar-refractivity contribution is 0.261. The molecule has 1 atom stereocenters. The number of ether oxygens (including phenoxy) is 1. The van der Waals surface area contributed by atoms with Crippen LogP contribution in [0.3, 0.4) is 0 Å². The minimum atomic E-state index is -3.17. The number of sulfonamides is 1. The number of nitrogens with one attached hydrogen (secondary N) is 1. The van der Waals surface area contributed by atoms with Gasteiger partial charge in [0.1, 0.15) is 12.4 Å². The zero-order valence-corrected chi connectivity index (χ0v) is 17.0. The molecule has 0 aliphatic rings. The quantitative estimate of drug-likeness (QED) is 0.690. The maximum atomic E-state index is 11.8. The topological polar surface area (TPSA) is 58.6 Å². The summed E-state index contributed by atoms with van der Waals surface area (Å²) < 4.78 is 32.1. The second kappa shape index (κ2) is 9.35. The van der Waals surface area contributed by atoms with Crippen LogP contribution in [0.2, 0.25) is 0 Å². The number of likely N-dealkylation sites (N-methyl/N-ethyl adjacent to an activating group) is 1. The van der Waals surface area contributed by atoms with Gasteiger partial charge in [-0.05, 0) is 54.9 Å². The molecule has 0 fully saturated rings. The fourth-order valence-corrected chi connectivity index (χ4v) is 3.88. The number of hydrogen-bond acceptors (Lipinski definition) is 4. The monoisotopic (exact) mass is 378 g/mol. The molecule has 2 aromatic rings. The van der Waals surface area contributed by atoms with Crippen LogP contribution in [0.4, 0.5) is 0 Å². The van der Waals surface area contributed by atoms with E-state index in [-0.39, 0.29) is 11.7 Å². The van der Waals surface area contributed by atoms with Gasteiger partial charge in [-0.1, -0.05) is 38.1 Å². The molecule has 0 amide bonds. The summed E-state index contributed by atoms with van der Waals surface area (Å²) in [5, 5.41) is 2.25. The van der Waals surface area contributed by atoms with Crippen LogP contribution < -0.4 is 9.46 Å². The van der Waals surface area contributed by atoms with Gasteiger partial charge in [-0.15, -0.1) is 0 Å². The van der Waals surface area contributed by atoms with Crippen molar-refractivity contribution in [2.45, 2.75) is 26.2 Å². The number of hydrogen-bond donors (Lipinski definition) is 1. The molecular formula is C20H30N2O3S. The van der Waals surface area contributed by atoms with E-state index in [1.807, 2.05) is 40.1 Å². The summed E-state index contributed by atoms with van der Waals surface area (Å²) in [5.41, 5.74) is 1.12. The second-order valence-electron chi connectivity index (χ2n) is 6.99. The van der Waals surface area contributed by atoms with Crippen LogP contribution >= 0.6 is 0 Å². The molecule has 0 aliphatic heterocycles. The van der Waals surface area contributed by atoms with Crippen LogP contribution in [0.15, 0.2) is 36.4 Å². The molecule has 144 valence electrons. The molecule has 0 radical (unpaired) electrons. The molecule has 0 bridgehead atoms. The van der Waals surface area contributed by atoms with Gasteiger partial charge in [0.2, 0.25) is 10.0 Å². The Balaban J connectivity index is 2.04. The Hall–Kier alpha value is -1.63. The number of fused-ring (bicyclic) bond motifs is 1. The van der Waals surface area contributed by atoms with Gasteiger partial charge >= 0.3 is 0 Å². The van der Waals surface area contributed by atoms with Crippen molar-refractivity contribution < 1.29 is 13.2 Å². The third-order valence-corrected chi connectivity index (χ3v) is 5.85. The largest absolute Gasteiger partial charge is 0.492 e. The molecule has 0 aliphatic carbocycles. The van der Waals surface area contributed by atoms with Crippen molar-refractivity contribution in [2.24, 2.45) is 0 Å². The molecular weight excluding hydrogens is 348 g/mol. The highest BCUT2D eigenvalue weighted by molar-refractivity contribution is 7.89. The lowest BCUT2D eigenvalue weighted by Gasteiger charge is -2.15. The summed E-state index contributed by atoms with van der Waals surface area (Å²) in [4.78, 5) is 2.09. The van der Waals surface area contributed by atoms with Crippen LogP contribution in [-0.4, -0.2) is 52.9 Å². The Morgan fingerprint density at radius 1 is 1.12 bits per heavy atom. The van der Waals surface area contributed by atoms with Gasteiger partial charge in [-0.3, -0.25) is 0 Å². The molecule has 2 rings (SSSR count). The zero-order chi connectivity index (χ0) is 19.2. The molecule has 0 saturated heterocycles. The average Bonchev–Trinajstić information content (AvgIpc) is 2.59. The van der Waals surface area contributed by atoms with Gasteiger partial charge < -0.3 is 9.64 Å². The number of benzene rings is 2. The Morgan fingerprint density at radius 2 is 1.81 bits per heavy atom. The molecule has 0 spiro atoms. The predicted octanol–water partition coefficient (Wildman–Crippen LogP) is 3.21. The minimum absolute atomic E-state index is 0.113. The van der Waals surface area contributed by atoms with Crippen molar-refractivity contribution in [1.82, 2.24) is 9.62 Å². The van der Waals surface area contributed by atoms with Gasteiger partial charge in [-0.2, -0.15) is 0 Å². The molecule has 0 heterocycles. The highest BCUT2D eigenvalue weighted by atomic mass is 32.2. The Labute approximate surface area is 157 Å². The van der Waals surface area contributed by atoms with Crippen LogP contribution in [0.1, 0.15) is 31.7 Å². The summed E-state index contributed by atoms with van der Waals surface area (Å²) >= 11 is 0. The smallest absolute Gasteiger partial charge is 0.211 e. The third kappa shape index (κ3) is 6.27. The Kier molecular flexibility index (Phi) is 7.43. The molecule has 1 N–H and O–H groups in total. The molecule has 2 aromatic carbocycles. The summed E-state index contributed by atoms with van der Waals surface area (Å²) in [6, 6.07) is 12.3. The summed E-state index contributed by atoms with van der Waals surface area (Å²) in [5.74, 6) is 1.16. The van der Waals surface area contributed by atoms with E-state index in [1.165, 1.54) is 0 Å². The highest BCUT2D eigenvalue weighted by Gasteiger charge is 2.12. The lowest BCUT2D eigenvalue weighted by atomic mass is 9.98. The van der Waals surface area contributed by atoms with Crippen molar-refractivity contribution in [3.05, 3.63) is 42.0 Å². The maximum absolute atomic E-state index is 11.8. The highest BCUT2D eigenvalue weighted by Crippen LogP contribution is 2.25. The average molecular weight is 379 g/mol. The number of rotatable bonds is 10. The van der Waals surface area contributed by atoms with Crippen LogP contribution in [0.5, 0.6) is 5.75 Å². The summed E-state index contributed by atoms with van der Waals surface area (Å²) in [6.07, 6.45) is 0.624. The first-order valence-corrected chi connectivity index (χ1v) is 10.7. The normalized spacial score (nSPS) is 13.3. The molecule has 0 saturated carbocycles. The predicted molar refractivity (Wildman–Crippen MR) is 108 cm³/mol. The standard InChI is InChI=1S/C20H30N2O3S/c1-5-12-26(23,24)21-15-16(2)17-6-7-19-14-20(9-8-18(19)13-17)25-11-10-22(3)4/h6-9,13-14,16,21H,5,10-12,15H2,1-4H3. The SMILES string of the molecule is CCCS(=O)(=O)NCC(C)c1ccc2cc(OCCN(C)C)ccc2c1. The van der Waals surface area contributed by atoms with E-state index in [9.17, 15) is 8.42 Å². The van der Waals surface area contributed by atoms with Crippen LogP contribution in [0, 0.1) is 0 Å². The van der Waals surface area contributed by atoms with Gasteiger partial charge in [-0.25, -0.2) is 13.1 Å². The van der Waals surface area contributed by atoms with Crippen molar-refractivity contribution in [1.29, 1.82) is 0 Å². The maximum Gasteiger partial charge on any atom is 0.211 e. The summed E-state index contributed by atoms with van der Waals surface area (Å²) in [6.45, 7) is 5.85. The van der Waals surface area contributed by atoms with Crippen LogP contribution in [-0.2, 0) is 10.0 Å². The van der Waals surface area contributed by atoms with Crippen molar-refractivity contribution >= 4 is 20.8 Å². The molecule has 0 aromatic heterocycles. The zero-order valence-electron chi connectivity index (χ0n) is 16.2. The van der Waals surface area contributed by atoms with E-state index in [0.717, 1.165) is 28.6 Å². The van der Waals surface area contributed by atoms with E-state index < -0.39 is 10.0 Å². The second-order valence-corrected chi connectivity index (χ2v) is 8.91. The minimum Gasteiger partial charge on any atom is -0.492 e. The van der Waals surface area contributed by atoms with E-state index in [2.05, 4.69) is 33.9 Å². The van der Waals surface area contributed by atoms with Crippen molar-refractivity contribution in [2.75, 3.05) is 39.5 Å². The first-order chi connectivity index (χ1) is 12.3. The first kappa shape index (κ1) is 20.7. The summed E-state index contributed by atoms with van der Waals surface area (Å²) in [7, 11) is 0.877. The van der Waals surface area contributed by atoms with Gasteiger partial charge in [0.15, 0.2) is 0 Å². The fourth-order valence-electron chi connectivity index (χ4n) is 2.70. The fraction of sp³-hybridized carbons (Fsp3) is 0.500. The third-order valence-electron chi connectivity index (χ3n) is 4.29. The molecule has 5 nitrogen and oxygen atoms in total. The van der Waals surface area contributed by atoms with Gasteiger partial charge in [0.25, 0.3) is 0 Å².